The maximum absolute atomic E-state index is 12.8. The van der Waals surface area contributed by atoms with E-state index < -0.39 is 11.6 Å². The molecule has 1 aliphatic rings. The maximum atomic E-state index is 12.8. The zero-order chi connectivity index (χ0) is 18.0. The third-order valence-corrected chi connectivity index (χ3v) is 4.91. The van der Waals surface area contributed by atoms with Gasteiger partial charge in [0.05, 0.1) is 10.0 Å². The molecule has 1 unspecified atom stereocenters. The highest BCUT2D eigenvalue weighted by atomic mass is 35.5. The molecule has 1 heterocycles. The van der Waals surface area contributed by atoms with Gasteiger partial charge in [-0.1, -0.05) is 71.8 Å². The monoisotopic (exact) mass is 374 g/mol. The molecule has 0 bridgehead atoms. The van der Waals surface area contributed by atoms with Crippen molar-refractivity contribution in [3.63, 3.8) is 0 Å². The van der Waals surface area contributed by atoms with Gasteiger partial charge in [-0.25, -0.2) is 4.79 Å². The number of carbonyl (C=O) groups is 2. The summed E-state index contributed by atoms with van der Waals surface area (Å²) in [6, 6.07) is 14.1. The molecule has 128 valence electrons. The molecule has 1 atom stereocenters. The number of hydrogen-bond donors (Lipinski definition) is 1. The molecule has 3 rings (SSSR count). The van der Waals surface area contributed by atoms with Crippen LogP contribution in [0.15, 0.2) is 54.6 Å². The fraction of sp³-hybridized carbons (Fsp3) is 0.158. The molecular weight excluding hydrogens is 359 g/mol. The lowest BCUT2D eigenvalue weighted by atomic mass is 9.92. The van der Waals surface area contributed by atoms with E-state index in [2.05, 4.69) is 5.32 Å². The quantitative estimate of drug-likeness (QED) is 0.802. The third-order valence-electron chi connectivity index (χ3n) is 4.17. The summed E-state index contributed by atoms with van der Waals surface area (Å²) in [5.41, 5.74) is 0.433. The van der Waals surface area contributed by atoms with Crippen LogP contribution in [0, 0.1) is 0 Å². The first-order valence-electron chi connectivity index (χ1n) is 7.73. The smallest absolute Gasteiger partial charge is 0.319 e. The van der Waals surface area contributed by atoms with Crippen molar-refractivity contribution in [1.29, 1.82) is 0 Å². The Morgan fingerprint density at radius 3 is 2.48 bits per heavy atom. The first kappa shape index (κ1) is 17.5. The van der Waals surface area contributed by atoms with E-state index in [1.807, 2.05) is 36.4 Å². The summed E-state index contributed by atoms with van der Waals surface area (Å²) in [5.74, 6) is -0.325. The molecule has 1 aliphatic heterocycles. The van der Waals surface area contributed by atoms with Crippen molar-refractivity contribution >= 4 is 41.2 Å². The fourth-order valence-electron chi connectivity index (χ4n) is 2.72. The number of benzene rings is 2. The number of nitrogens with one attached hydrogen (secondary N) is 1. The second-order valence-electron chi connectivity index (χ2n) is 5.91. The second-order valence-corrected chi connectivity index (χ2v) is 6.73. The number of carbonyl (C=O) groups excluding carboxylic acids is 2. The molecule has 0 saturated carbocycles. The van der Waals surface area contributed by atoms with Crippen LogP contribution in [0.3, 0.4) is 0 Å². The summed E-state index contributed by atoms with van der Waals surface area (Å²) in [7, 11) is 0. The van der Waals surface area contributed by atoms with Crippen LogP contribution in [-0.4, -0.2) is 23.4 Å². The summed E-state index contributed by atoms with van der Waals surface area (Å²) >= 11 is 12.0. The third kappa shape index (κ3) is 3.41. The van der Waals surface area contributed by atoms with Crippen molar-refractivity contribution in [1.82, 2.24) is 10.2 Å². The average Bonchev–Trinajstić information content (AvgIpc) is 2.82. The van der Waals surface area contributed by atoms with Crippen LogP contribution in [0.25, 0.3) is 6.08 Å². The van der Waals surface area contributed by atoms with Crippen molar-refractivity contribution in [2.24, 2.45) is 0 Å². The predicted molar refractivity (Wildman–Crippen MR) is 99.5 cm³/mol. The fourth-order valence-corrected chi connectivity index (χ4v) is 3.02. The SMILES string of the molecule is CC1(c2ccc(Cl)c(Cl)c2)NC(=O)N(C/C=C/c2ccccc2)C1=O. The Balaban J connectivity index is 1.79. The number of imide groups is 1. The first-order valence-corrected chi connectivity index (χ1v) is 8.48. The Morgan fingerprint density at radius 2 is 1.80 bits per heavy atom. The first-order chi connectivity index (χ1) is 11.9. The number of rotatable bonds is 4. The molecule has 1 N–H and O–H groups in total. The summed E-state index contributed by atoms with van der Waals surface area (Å²) in [4.78, 5) is 26.3. The van der Waals surface area contributed by atoms with Gasteiger partial charge in [0.25, 0.3) is 5.91 Å². The summed E-state index contributed by atoms with van der Waals surface area (Å²) in [6.07, 6.45) is 3.66. The van der Waals surface area contributed by atoms with E-state index in [9.17, 15) is 9.59 Å². The van der Waals surface area contributed by atoms with Crippen LogP contribution >= 0.6 is 23.2 Å². The van der Waals surface area contributed by atoms with Gasteiger partial charge in [0.1, 0.15) is 5.54 Å². The topological polar surface area (TPSA) is 49.4 Å². The molecular formula is C19H16Cl2N2O2. The number of nitrogens with zero attached hydrogens (tertiary/aromatic N) is 1. The number of hydrogen-bond acceptors (Lipinski definition) is 2. The summed E-state index contributed by atoms with van der Waals surface area (Å²) in [5, 5.41) is 3.48. The van der Waals surface area contributed by atoms with Crippen molar-refractivity contribution in [3.05, 3.63) is 75.8 Å². The van der Waals surface area contributed by atoms with Gasteiger partial charge in [-0.3, -0.25) is 9.69 Å². The van der Waals surface area contributed by atoms with E-state index in [4.69, 9.17) is 23.2 Å². The van der Waals surface area contributed by atoms with Crippen molar-refractivity contribution in [2.75, 3.05) is 6.54 Å². The molecule has 2 aromatic carbocycles. The minimum atomic E-state index is -1.16. The van der Waals surface area contributed by atoms with Crippen molar-refractivity contribution in [3.8, 4) is 0 Å². The average molecular weight is 375 g/mol. The van der Waals surface area contributed by atoms with Gasteiger partial charge in [0.2, 0.25) is 0 Å². The van der Waals surface area contributed by atoms with Gasteiger partial charge in [0.15, 0.2) is 0 Å². The molecule has 0 radical (unpaired) electrons. The highest BCUT2D eigenvalue weighted by Gasteiger charge is 2.48. The van der Waals surface area contributed by atoms with Gasteiger partial charge < -0.3 is 5.32 Å². The van der Waals surface area contributed by atoms with Crippen LogP contribution in [0.1, 0.15) is 18.1 Å². The van der Waals surface area contributed by atoms with E-state index in [1.54, 1.807) is 31.2 Å². The molecule has 4 nitrogen and oxygen atoms in total. The highest BCUT2D eigenvalue weighted by molar-refractivity contribution is 6.42. The Kier molecular flexibility index (Phi) is 4.84. The largest absolute Gasteiger partial charge is 0.325 e. The molecule has 25 heavy (non-hydrogen) atoms. The van der Waals surface area contributed by atoms with Crippen LogP contribution in [0.5, 0.6) is 0 Å². The molecule has 3 amide bonds. The molecule has 2 aromatic rings. The van der Waals surface area contributed by atoms with E-state index >= 15 is 0 Å². The minimum Gasteiger partial charge on any atom is -0.319 e. The second kappa shape index (κ2) is 6.90. The molecule has 0 spiro atoms. The van der Waals surface area contributed by atoms with Crippen molar-refractivity contribution in [2.45, 2.75) is 12.5 Å². The van der Waals surface area contributed by atoms with E-state index in [1.165, 1.54) is 4.90 Å². The number of halogens is 2. The molecule has 6 heteroatoms. The van der Waals surface area contributed by atoms with E-state index in [0.29, 0.717) is 15.6 Å². The van der Waals surface area contributed by atoms with Crippen LogP contribution in [-0.2, 0) is 10.3 Å². The Morgan fingerprint density at radius 1 is 1.08 bits per heavy atom. The van der Waals surface area contributed by atoms with E-state index in [-0.39, 0.29) is 12.5 Å². The Hall–Kier alpha value is -2.30. The lowest BCUT2D eigenvalue weighted by molar-refractivity contribution is -0.130. The van der Waals surface area contributed by atoms with Crippen molar-refractivity contribution < 1.29 is 9.59 Å². The Bertz CT molecular complexity index is 852. The van der Waals surface area contributed by atoms with Gasteiger partial charge in [0, 0.05) is 6.54 Å². The zero-order valence-corrected chi connectivity index (χ0v) is 15.0. The molecule has 1 fully saturated rings. The number of amides is 3. The highest BCUT2D eigenvalue weighted by Crippen LogP contribution is 2.32. The lowest BCUT2D eigenvalue weighted by Crippen LogP contribution is -2.40. The predicted octanol–water partition coefficient (Wildman–Crippen LogP) is 4.47. The minimum absolute atomic E-state index is 0.191. The number of urea groups is 1. The normalized spacial score (nSPS) is 20.4. The maximum Gasteiger partial charge on any atom is 0.325 e. The summed E-state index contributed by atoms with van der Waals surface area (Å²) < 4.78 is 0. The Labute approximate surface area is 156 Å². The molecule has 0 aliphatic carbocycles. The zero-order valence-electron chi connectivity index (χ0n) is 13.5. The van der Waals surface area contributed by atoms with Gasteiger partial charge in [-0.15, -0.1) is 0 Å². The molecule has 0 aromatic heterocycles. The van der Waals surface area contributed by atoms with Gasteiger partial charge in [-0.05, 0) is 30.2 Å². The van der Waals surface area contributed by atoms with Crippen LogP contribution in [0.4, 0.5) is 4.79 Å². The van der Waals surface area contributed by atoms with Gasteiger partial charge in [-0.2, -0.15) is 0 Å². The molecule has 1 saturated heterocycles. The summed E-state index contributed by atoms with van der Waals surface area (Å²) in [6.45, 7) is 1.85. The van der Waals surface area contributed by atoms with Gasteiger partial charge >= 0.3 is 6.03 Å². The lowest BCUT2D eigenvalue weighted by Gasteiger charge is -2.22. The van der Waals surface area contributed by atoms with Crippen LogP contribution in [0.2, 0.25) is 10.0 Å². The van der Waals surface area contributed by atoms with E-state index in [0.717, 1.165) is 5.56 Å². The standard InChI is InChI=1S/C19H16Cl2N2O2/c1-19(14-9-10-15(20)16(21)12-14)17(24)23(18(25)22-19)11-5-8-13-6-3-2-4-7-13/h2-10,12H,11H2,1H3,(H,22,25)/b8-5+. The van der Waals surface area contributed by atoms with Crippen LogP contribution < -0.4 is 5.32 Å².